The van der Waals surface area contributed by atoms with Gasteiger partial charge in [0, 0.05) is 18.3 Å². The summed E-state index contributed by atoms with van der Waals surface area (Å²) in [5.74, 6) is -3.51. The number of ether oxygens (including phenoxy) is 1. The van der Waals surface area contributed by atoms with E-state index in [0.717, 1.165) is 0 Å². The first-order chi connectivity index (χ1) is 14.2. The summed E-state index contributed by atoms with van der Waals surface area (Å²) in [6.45, 7) is -1.96. The van der Waals surface area contributed by atoms with E-state index >= 15 is 0 Å². The van der Waals surface area contributed by atoms with Crippen molar-refractivity contribution in [3.8, 4) is 5.88 Å². The molecule has 12 heteroatoms. The molecule has 0 fully saturated rings. The molecule has 2 heterocycles. The Morgan fingerprint density at radius 3 is 2.70 bits per heavy atom. The Labute approximate surface area is 171 Å². The number of pyridine rings is 1. The molecule has 0 saturated heterocycles. The highest BCUT2D eigenvalue weighted by atomic mass is 32.2. The molecule has 6 nitrogen and oxygen atoms in total. The Balaban J connectivity index is 1.70. The van der Waals surface area contributed by atoms with Crippen molar-refractivity contribution in [2.24, 2.45) is 0 Å². The van der Waals surface area contributed by atoms with Crippen LogP contribution in [0.15, 0.2) is 47.8 Å². The number of para-hydroxylation sites is 2. The minimum absolute atomic E-state index is 0.0167. The van der Waals surface area contributed by atoms with Crippen LogP contribution in [0, 0.1) is 0 Å². The number of imidazole rings is 1. The summed E-state index contributed by atoms with van der Waals surface area (Å²) in [6.07, 6.45) is -3.26. The lowest BCUT2D eigenvalue weighted by molar-refractivity contribution is -0.154. The average molecular weight is 446 g/mol. The second-order valence-electron chi connectivity index (χ2n) is 6.00. The van der Waals surface area contributed by atoms with Gasteiger partial charge in [0.15, 0.2) is 11.8 Å². The maximum atomic E-state index is 12.8. The molecule has 0 radical (unpaired) electrons. The van der Waals surface area contributed by atoms with Crippen LogP contribution < -0.4 is 10.1 Å². The molecule has 2 aromatic heterocycles. The van der Waals surface area contributed by atoms with Gasteiger partial charge < -0.3 is 14.6 Å². The fourth-order valence-corrected chi connectivity index (χ4v) is 3.21. The zero-order valence-electron chi connectivity index (χ0n) is 15.2. The number of aromatic nitrogens is 3. The summed E-state index contributed by atoms with van der Waals surface area (Å²) >= 11 is 0.221. The zero-order chi connectivity index (χ0) is 21.7. The van der Waals surface area contributed by atoms with Crippen LogP contribution >= 0.6 is 11.8 Å². The molecule has 0 aliphatic heterocycles. The van der Waals surface area contributed by atoms with Crippen LogP contribution in [-0.4, -0.2) is 39.0 Å². The van der Waals surface area contributed by atoms with Gasteiger partial charge in [-0.05, 0) is 30.0 Å². The van der Waals surface area contributed by atoms with Crippen LogP contribution in [0.25, 0.3) is 11.0 Å². The van der Waals surface area contributed by atoms with Gasteiger partial charge in [0.05, 0.1) is 11.0 Å². The number of fused-ring (bicyclic) bond motifs is 1. The summed E-state index contributed by atoms with van der Waals surface area (Å²) in [7, 11) is 0. The van der Waals surface area contributed by atoms with Crippen molar-refractivity contribution < 1.29 is 31.5 Å². The lowest BCUT2D eigenvalue weighted by Crippen LogP contribution is -2.28. The predicted octanol–water partition coefficient (Wildman–Crippen LogP) is 4.00. The van der Waals surface area contributed by atoms with Gasteiger partial charge in [-0.15, -0.1) is 0 Å². The third-order valence-electron chi connectivity index (χ3n) is 3.81. The molecule has 160 valence electrons. The topological polar surface area (TPSA) is 69.0 Å². The lowest BCUT2D eigenvalue weighted by Gasteiger charge is -2.13. The number of thioether (sulfide) groups is 1. The molecule has 0 bridgehead atoms. The summed E-state index contributed by atoms with van der Waals surface area (Å²) in [4.78, 5) is 20.3. The molecule has 0 aliphatic rings. The fraction of sp³-hybridized carbons (Fsp3) is 0.278. The maximum Gasteiger partial charge on any atom is 0.422 e. The Hall–Kier alpha value is -2.89. The molecular formula is C18H15F5N4O2S. The molecule has 0 aliphatic carbocycles. The zero-order valence-corrected chi connectivity index (χ0v) is 16.0. The van der Waals surface area contributed by atoms with Gasteiger partial charge in [-0.1, -0.05) is 18.2 Å². The second-order valence-corrected chi connectivity index (χ2v) is 6.95. The van der Waals surface area contributed by atoms with Crippen LogP contribution in [0.5, 0.6) is 5.88 Å². The highest BCUT2D eigenvalue weighted by Crippen LogP contribution is 2.28. The van der Waals surface area contributed by atoms with Crippen LogP contribution in [0.3, 0.4) is 0 Å². The molecule has 3 aromatic rings. The Morgan fingerprint density at radius 2 is 1.97 bits per heavy atom. The fourth-order valence-electron chi connectivity index (χ4n) is 2.61. The molecule has 1 aromatic carbocycles. The summed E-state index contributed by atoms with van der Waals surface area (Å²) in [6, 6.07) is 9.62. The highest BCUT2D eigenvalue weighted by Gasteiger charge is 2.29. The Kier molecular flexibility index (Phi) is 6.75. The van der Waals surface area contributed by atoms with Crippen molar-refractivity contribution in [2.75, 3.05) is 6.61 Å². The molecule has 0 spiro atoms. The van der Waals surface area contributed by atoms with Gasteiger partial charge >= 0.3 is 6.18 Å². The van der Waals surface area contributed by atoms with Crippen molar-refractivity contribution >= 4 is 28.7 Å². The van der Waals surface area contributed by atoms with E-state index in [1.54, 1.807) is 24.3 Å². The lowest BCUT2D eigenvalue weighted by atomic mass is 10.2. The Morgan fingerprint density at radius 1 is 1.20 bits per heavy atom. The number of rotatable bonds is 8. The minimum atomic E-state index is -4.53. The minimum Gasteiger partial charge on any atom is -0.468 e. The molecule has 30 heavy (non-hydrogen) atoms. The maximum absolute atomic E-state index is 12.8. The number of carbonyl (C=O) groups is 1. The number of alkyl halides is 5. The van der Waals surface area contributed by atoms with E-state index in [1.807, 2.05) is 0 Å². The second kappa shape index (κ2) is 9.28. The number of halogens is 5. The Bertz CT molecular complexity index is 1030. The molecule has 0 saturated carbocycles. The molecular weight excluding hydrogens is 431 g/mol. The van der Waals surface area contributed by atoms with E-state index in [9.17, 15) is 26.7 Å². The first-order valence-electron chi connectivity index (χ1n) is 8.53. The summed E-state index contributed by atoms with van der Waals surface area (Å²) < 4.78 is 68.8. The number of carbonyl (C=O) groups excluding carboxylic acids is 1. The van der Waals surface area contributed by atoms with E-state index in [4.69, 9.17) is 0 Å². The quantitative estimate of drug-likeness (QED) is 0.419. The first-order valence-corrected chi connectivity index (χ1v) is 9.41. The van der Waals surface area contributed by atoms with Crippen molar-refractivity contribution in [1.82, 2.24) is 19.9 Å². The smallest absolute Gasteiger partial charge is 0.422 e. The van der Waals surface area contributed by atoms with Crippen molar-refractivity contribution in [3.05, 3.63) is 48.2 Å². The SMILES string of the molecule is O=C(Cn1c(SC(F)F)nc2ccccc21)NCc1cccnc1OCC(F)(F)F. The highest BCUT2D eigenvalue weighted by molar-refractivity contribution is 7.99. The summed E-state index contributed by atoms with van der Waals surface area (Å²) in [5.41, 5.74) is 1.21. The monoisotopic (exact) mass is 446 g/mol. The van der Waals surface area contributed by atoms with Gasteiger partial charge in [-0.25, -0.2) is 9.97 Å². The third-order valence-corrected chi connectivity index (χ3v) is 4.51. The number of hydrogen-bond donors (Lipinski definition) is 1. The predicted molar refractivity (Wildman–Crippen MR) is 99.2 cm³/mol. The van der Waals surface area contributed by atoms with Crippen LogP contribution in [-0.2, 0) is 17.9 Å². The van der Waals surface area contributed by atoms with Crippen molar-refractivity contribution in [1.29, 1.82) is 0 Å². The molecule has 0 unspecified atom stereocenters. The number of nitrogens with one attached hydrogen (secondary N) is 1. The van der Waals surface area contributed by atoms with Crippen LogP contribution in [0.1, 0.15) is 5.56 Å². The number of amides is 1. The number of benzene rings is 1. The van der Waals surface area contributed by atoms with E-state index in [1.165, 1.54) is 22.9 Å². The first kappa shape index (κ1) is 21.8. The van der Waals surface area contributed by atoms with Gasteiger partial charge in [0.1, 0.15) is 6.54 Å². The van der Waals surface area contributed by atoms with Gasteiger partial charge in [0.2, 0.25) is 11.8 Å². The number of nitrogens with zero attached hydrogens (tertiary/aromatic N) is 3. The standard InChI is InChI=1S/C18H15F5N4O2S/c19-16(20)30-17-26-12-5-1-2-6-13(12)27(17)9-14(28)25-8-11-4-3-7-24-15(11)29-10-18(21,22)23/h1-7,16H,8-10H2,(H,25,28). The van der Waals surface area contributed by atoms with Crippen LogP contribution in [0.2, 0.25) is 0 Å². The van der Waals surface area contributed by atoms with E-state index in [0.29, 0.717) is 11.0 Å². The van der Waals surface area contributed by atoms with Crippen molar-refractivity contribution in [2.45, 2.75) is 30.2 Å². The molecule has 1 amide bonds. The molecule has 1 N–H and O–H groups in total. The normalized spacial score (nSPS) is 11.8. The van der Waals surface area contributed by atoms with Gasteiger partial charge in [-0.3, -0.25) is 4.79 Å². The number of hydrogen-bond acceptors (Lipinski definition) is 5. The van der Waals surface area contributed by atoms with E-state index in [2.05, 4.69) is 20.0 Å². The average Bonchev–Trinajstić information content (AvgIpc) is 3.01. The third kappa shape index (κ3) is 5.81. The van der Waals surface area contributed by atoms with Crippen molar-refractivity contribution in [3.63, 3.8) is 0 Å². The van der Waals surface area contributed by atoms with Gasteiger partial charge in [0.25, 0.3) is 5.76 Å². The van der Waals surface area contributed by atoms with E-state index in [-0.39, 0.29) is 41.5 Å². The van der Waals surface area contributed by atoms with E-state index < -0.39 is 24.4 Å². The van der Waals surface area contributed by atoms with Gasteiger partial charge in [-0.2, -0.15) is 22.0 Å². The molecule has 3 rings (SSSR count). The molecule has 0 atom stereocenters. The largest absolute Gasteiger partial charge is 0.468 e. The van der Waals surface area contributed by atoms with Crippen LogP contribution in [0.4, 0.5) is 22.0 Å². The summed E-state index contributed by atoms with van der Waals surface area (Å²) in [5, 5.41) is 2.52.